The van der Waals surface area contributed by atoms with Gasteiger partial charge < -0.3 is 10.3 Å². The molecule has 1 heterocycles. The number of benzene rings is 1. The van der Waals surface area contributed by atoms with E-state index in [0.29, 0.717) is 5.82 Å². The van der Waals surface area contributed by atoms with Crippen molar-refractivity contribution in [3.8, 4) is 11.4 Å². The van der Waals surface area contributed by atoms with Crippen molar-refractivity contribution >= 4 is 5.69 Å². The third-order valence-electron chi connectivity index (χ3n) is 4.93. The molecule has 2 N–H and O–H groups in total. The molecule has 3 atom stereocenters. The van der Waals surface area contributed by atoms with E-state index in [2.05, 4.69) is 10.1 Å². The third kappa shape index (κ3) is 2.09. The van der Waals surface area contributed by atoms with Gasteiger partial charge in [0.2, 0.25) is 11.7 Å². The molecule has 2 bridgehead atoms. The summed E-state index contributed by atoms with van der Waals surface area (Å²) in [7, 11) is 0. The largest absolute Gasteiger partial charge is 0.399 e. The molecule has 1 aromatic carbocycles. The molecule has 0 amide bonds. The Kier molecular flexibility index (Phi) is 2.76. The predicted octanol–water partition coefficient (Wildman–Crippen LogP) is 3.30. The van der Waals surface area contributed by atoms with Crippen LogP contribution in [0.3, 0.4) is 0 Å². The molecule has 0 saturated heterocycles. The Morgan fingerprint density at radius 2 is 2.20 bits per heavy atom. The number of hydrogen-bond acceptors (Lipinski definition) is 4. The summed E-state index contributed by atoms with van der Waals surface area (Å²) in [5.41, 5.74) is 7.44. The van der Waals surface area contributed by atoms with Crippen molar-refractivity contribution in [3.05, 3.63) is 30.2 Å². The van der Waals surface area contributed by atoms with E-state index in [-0.39, 0.29) is 0 Å². The number of nitrogen functional groups attached to an aromatic ring is 1. The topological polar surface area (TPSA) is 64.9 Å². The molecule has 2 aliphatic carbocycles. The average Bonchev–Trinajstić information content (AvgIpc) is 3.14. The minimum Gasteiger partial charge on any atom is -0.399 e. The lowest BCUT2D eigenvalue weighted by molar-refractivity contribution is 0.288. The maximum atomic E-state index is 5.79. The quantitative estimate of drug-likeness (QED) is 0.868. The number of fused-ring (bicyclic) bond motifs is 2. The first-order chi connectivity index (χ1) is 9.78. The van der Waals surface area contributed by atoms with Crippen LogP contribution in [0.1, 0.15) is 31.6 Å². The summed E-state index contributed by atoms with van der Waals surface area (Å²) >= 11 is 0. The lowest BCUT2D eigenvalue weighted by Gasteiger charge is -2.19. The summed E-state index contributed by atoms with van der Waals surface area (Å²) in [5, 5.41) is 4.09. The van der Waals surface area contributed by atoms with E-state index in [1.54, 1.807) is 0 Å². The van der Waals surface area contributed by atoms with Gasteiger partial charge in [-0.2, -0.15) is 4.98 Å². The molecule has 4 nitrogen and oxygen atoms in total. The Morgan fingerprint density at radius 1 is 1.25 bits per heavy atom. The fourth-order valence-electron chi connectivity index (χ4n) is 3.98. The van der Waals surface area contributed by atoms with Gasteiger partial charge in [-0.3, -0.25) is 0 Å². The van der Waals surface area contributed by atoms with Crippen LogP contribution < -0.4 is 5.73 Å². The zero-order chi connectivity index (χ0) is 13.5. The monoisotopic (exact) mass is 269 g/mol. The number of aromatic nitrogens is 2. The van der Waals surface area contributed by atoms with Gasteiger partial charge >= 0.3 is 0 Å². The lowest BCUT2D eigenvalue weighted by atomic mass is 9.86. The van der Waals surface area contributed by atoms with Gasteiger partial charge in [-0.1, -0.05) is 23.7 Å². The Bertz CT molecular complexity index is 622. The number of anilines is 1. The van der Waals surface area contributed by atoms with Crippen molar-refractivity contribution in [1.82, 2.24) is 10.1 Å². The van der Waals surface area contributed by atoms with Crippen LogP contribution >= 0.6 is 0 Å². The highest BCUT2D eigenvalue weighted by atomic mass is 16.5. The number of rotatable bonds is 3. The molecule has 4 heteroatoms. The highest BCUT2D eigenvalue weighted by Crippen LogP contribution is 2.49. The Labute approximate surface area is 118 Å². The molecule has 104 valence electrons. The Balaban J connectivity index is 1.51. The van der Waals surface area contributed by atoms with Crippen LogP contribution in [-0.4, -0.2) is 10.1 Å². The van der Waals surface area contributed by atoms with Crippen molar-refractivity contribution in [2.75, 3.05) is 5.73 Å². The standard InChI is InChI=1S/C16H19N3O/c17-14-3-1-2-12(8-14)16-18-15(20-19-16)9-13-7-10-4-5-11(13)6-10/h1-3,8,10-11,13H,4-7,9,17H2. The smallest absolute Gasteiger partial charge is 0.227 e. The Morgan fingerprint density at radius 3 is 2.95 bits per heavy atom. The van der Waals surface area contributed by atoms with Crippen LogP contribution in [0.4, 0.5) is 5.69 Å². The van der Waals surface area contributed by atoms with Gasteiger partial charge in [-0.05, 0) is 49.1 Å². The number of nitrogens with two attached hydrogens (primary N) is 1. The highest BCUT2D eigenvalue weighted by molar-refractivity contribution is 5.60. The Hall–Kier alpha value is -1.84. The fraction of sp³-hybridized carbons (Fsp3) is 0.500. The maximum absolute atomic E-state index is 5.79. The minimum absolute atomic E-state index is 0.649. The van der Waals surface area contributed by atoms with E-state index in [0.717, 1.165) is 41.3 Å². The molecule has 20 heavy (non-hydrogen) atoms. The van der Waals surface area contributed by atoms with Gasteiger partial charge in [0, 0.05) is 17.7 Å². The van der Waals surface area contributed by atoms with Gasteiger partial charge in [0.15, 0.2) is 0 Å². The number of hydrogen-bond donors (Lipinski definition) is 1. The van der Waals surface area contributed by atoms with Crippen LogP contribution in [0, 0.1) is 17.8 Å². The number of nitrogens with zero attached hydrogens (tertiary/aromatic N) is 2. The van der Waals surface area contributed by atoms with Crippen molar-refractivity contribution < 1.29 is 4.52 Å². The van der Waals surface area contributed by atoms with Crippen molar-refractivity contribution in [2.24, 2.45) is 17.8 Å². The van der Waals surface area contributed by atoms with E-state index in [1.165, 1.54) is 25.7 Å². The molecule has 0 radical (unpaired) electrons. The van der Waals surface area contributed by atoms with Gasteiger partial charge in [0.1, 0.15) is 0 Å². The van der Waals surface area contributed by atoms with Gasteiger partial charge in [0.25, 0.3) is 0 Å². The minimum atomic E-state index is 0.649. The highest BCUT2D eigenvalue weighted by Gasteiger charge is 2.40. The zero-order valence-electron chi connectivity index (χ0n) is 11.5. The first kappa shape index (κ1) is 11.9. The first-order valence-corrected chi connectivity index (χ1v) is 7.46. The summed E-state index contributed by atoms with van der Waals surface area (Å²) in [4.78, 5) is 4.54. The SMILES string of the molecule is Nc1cccc(-c2noc(CC3CC4CCC3C4)n2)c1. The predicted molar refractivity (Wildman–Crippen MR) is 76.8 cm³/mol. The normalized spacial score (nSPS) is 28.1. The van der Waals surface area contributed by atoms with Crippen molar-refractivity contribution in [3.63, 3.8) is 0 Å². The molecular formula is C16H19N3O. The second kappa shape index (κ2) is 4.62. The van der Waals surface area contributed by atoms with Crippen LogP contribution in [0.15, 0.2) is 28.8 Å². The van der Waals surface area contributed by atoms with Crippen LogP contribution in [-0.2, 0) is 6.42 Å². The van der Waals surface area contributed by atoms with Crippen LogP contribution in [0.5, 0.6) is 0 Å². The molecule has 1 aromatic heterocycles. The molecule has 0 spiro atoms. The molecule has 2 aliphatic rings. The molecular weight excluding hydrogens is 250 g/mol. The van der Waals surface area contributed by atoms with Gasteiger partial charge in [0.05, 0.1) is 0 Å². The summed E-state index contributed by atoms with van der Waals surface area (Å²) in [6.07, 6.45) is 6.53. The third-order valence-corrected chi connectivity index (χ3v) is 4.93. The molecule has 4 rings (SSSR count). The summed E-state index contributed by atoms with van der Waals surface area (Å²) < 4.78 is 5.43. The summed E-state index contributed by atoms with van der Waals surface area (Å²) in [6, 6.07) is 7.62. The molecule has 2 fully saturated rings. The zero-order valence-corrected chi connectivity index (χ0v) is 11.5. The van der Waals surface area contributed by atoms with Crippen molar-refractivity contribution in [1.29, 1.82) is 0 Å². The van der Waals surface area contributed by atoms with E-state index < -0.39 is 0 Å². The fourth-order valence-corrected chi connectivity index (χ4v) is 3.98. The molecule has 0 aliphatic heterocycles. The van der Waals surface area contributed by atoms with E-state index in [1.807, 2.05) is 24.3 Å². The summed E-state index contributed by atoms with van der Waals surface area (Å²) in [6.45, 7) is 0. The average molecular weight is 269 g/mol. The van der Waals surface area contributed by atoms with Crippen LogP contribution in [0.25, 0.3) is 11.4 Å². The van der Waals surface area contributed by atoms with E-state index in [4.69, 9.17) is 10.3 Å². The van der Waals surface area contributed by atoms with Gasteiger partial charge in [-0.25, -0.2) is 0 Å². The summed E-state index contributed by atoms with van der Waals surface area (Å²) in [5.74, 6) is 4.03. The molecule has 3 unspecified atom stereocenters. The van der Waals surface area contributed by atoms with Crippen molar-refractivity contribution in [2.45, 2.75) is 32.1 Å². The second-order valence-corrected chi connectivity index (χ2v) is 6.28. The van der Waals surface area contributed by atoms with Crippen LogP contribution in [0.2, 0.25) is 0 Å². The second-order valence-electron chi connectivity index (χ2n) is 6.28. The first-order valence-electron chi connectivity index (χ1n) is 7.46. The van der Waals surface area contributed by atoms with Gasteiger partial charge in [-0.15, -0.1) is 0 Å². The lowest BCUT2D eigenvalue weighted by Crippen LogP contribution is -2.13. The molecule has 2 aromatic rings. The van der Waals surface area contributed by atoms with E-state index >= 15 is 0 Å². The molecule has 2 saturated carbocycles. The maximum Gasteiger partial charge on any atom is 0.227 e. The van der Waals surface area contributed by atoms with E-state index in [9.17, 15) is 0 Å².